The number of rotatable bonds is 2. The van der Waals surface area contributed by atoms with Crippen LogP contribution in [-0.4, -0.2) is 32.2 Å². The molecule has 0 N–H and O–H groups in total. The number of carbonyl (C=O) groups excluding carboxylic acids is 2. The molecule has 0 radical (unpaired) electrons. The van der Waals surface area contributed by atoms with Crippen LogP contribution in [0.2, 0.25) is 0 Å². The van der Waals surface area contributed by atoms with Gasteiger partial charge in [0.2, 0.25) is 0 Å². The molecule has 0 aliphatic rings. The van der Waals surface area contributed by atoms with Gasteiger partial charge in [0.25, 0.3) is 0 Å². The second-order valence-corrected chi connectivity index (χ2v) is 3.90. The summed E-state index contributed by atoms with van der Waals surface area (Å²) in [5, 5.41) is 1.40. The number of methoxy groups -OCH3 is 1. The monoisotopic (exact) mass is 267 g/mol. The van der Waals surface area contributed by atoms with Gasteiger partial charge in [0, 0.05) is 7.05 Å². The number of halogens is 3. The Labute approximate surface area is 98.6 Å². The Bertz CT molecular complexity index is 441. The maximum Gasteiger partial charge on any atom is 0.471 e. The molecule has 0 fully saturated rings. The Morgan fingerprint density at radius 3 is 2.47 bits per heavy atom. The normalized spacial score (nSPS) is 11.1. The third-order valence-electron chi connectivity index (χ3n) is 1.92. The van der Waals surface area contributed by atoms with Gasteiger partial charge in [-0.25, -0.2) is 4.79 Å². The molecule has 0 aliphatic heterocycles. The lowest BCUT2D eigenvalue weighted by atomic mass is 10.3. The van der Waals surface area contributed by atoms with E-state index >= 15 is 0 Å². The van der Waals surface area contributed by atoms with Gasteiger partial charge in [0.05, 0.1) is 12.8 Å². The third-order valence-corrected chi connectivity index (χ3v) is 2.81. The van der Waals surface area contributed by atoms with Crippen LogP contribution in [-0.2, 0) is 9.53 Å². The topological polar surface area (TPSA) is 46.6 Å². The quantitative estimate of drug-likeness (QED) is 0.770. The van der Waals surface area contributed by atoms with E-state index in [1.165, 1.54) is 11.4 Å². The van der Waals surface area contributed by atoms with E-state index in [-0.39, 0.29) is 10.6 Å². The van der Waals surface area contributed by atoms with E-state index in [4.69, 9.17) is 0 Å². The molecule has 1 rings (SSSR count). The van der Waals surface area contributed by atoms with Gasteiger partial charge in [0.15, 0.2) is 0 Å². The summed E-state index contributed by atoms with van der Waals surface area (Å²) in [5.74, 6) is -2.82. The van der Waals surface area contributed by atoms with Gasteiger partial charge in [-0.05, 0) is 11.4 Å². The molecule has 0 atom stereocenters. The molecule has 94 valence electrons. The first-order valence-corrected chi connectivity index (χ1v) is 5.17. The highest BCUT2D eigenvalue weighted by atomic mass is 32.1. The summed E-state index contributed by atoms with van der Waals surface area (Å²) in [6, 6.07) is 1.25. The van der Waals surface area contributed by atoms with E-state index < -0.39 is 18.1 Å². The van der Waals surface area contributed by atoms with E-state index in [0.717, 1.165) is 25.5 Å². The van der Waals surface area contributed by atoms with Crippen LogP contribution in [0.3, 0.4) is 0 Å². The van der Waals surface area contributed by atoms with Crippen LogP contribution < -0.4 is 4.90 Å². The van der Waals surface area contributed by atoms with Crippen LogP contribution in [0, 0.1) is 0 Å². The average molecular weight is 267 g/mol. The molecule has 8 heteroatoms. The fourth-order valence-electron chi connectivity index (χ4n) is 1.11. The van der Waals surface area contributed by atoms with Crippen molar-refractivity contribution in [2.45, 2.75) is 6.18 Å². The first kappa shape index (κ1) is 13.5. The van der Waals surface area contributed by atoms with Gasteiger partial charge >= 0.3 is 18.1 Å². The molecule has 0 spiro atoms. The summed E-state index contributed by atoms with van der Waals surface area (Å²) in [4.78, 5) is 22.5. The van der Waals surface area contributed by atoms with Crippen LogP contribution in [0.25, 0.3) is 0 Å². The molecular weight excluding hydrogens is 259 g/mol. The lowest BCUT2D eigenvalue weighted by Crippen LogP contribution is -2.38. The molecule has 0 saturated heterocycles. The number of amides is 1. The van der Waals surface area contributed by atoms with Gasteiger partial charge in [-0.2, -0.15) is 13.2 Å². The highest BCUT2D eigenvalue weighted by Crippen LogP contribution is 2.29. The van der Waals surface area contributed by atoms with Gasteiger partial charge in [-0.3, -0.25) is 4.79 Å². The van der Waals surface area contributed by atoms with Gasteiger partial charge in [0.1, 0.15) is 4.88 Å². The van der Waals surface area contributed by atoms with Gasteiger partial charge in [-0.1, -0.05) is 0 Å². The van der Waals surface area contributed by atoms with Crippen LogP contribution in [0.4, 0.5) is 18.9 Å². The Morgan fingerprint density at radius 2 is 2.00 bits per heavy atom. The molecule has 1 heterocycles. The molecule has 0 saturated carbocycles. The summed E-state index contributed by atoms with van der Waals surface area (Å²) >= 11 is 0.903. The van der Waals surface area contributed by atoms with E-state index in [1.54, 1.807) is 0 Å². The summed E-state index contributed by atoms with van der Waals surface area (Å²) in [5.41, 5.74) is -0.121. The molecule has 0 unspecified atom stereocenters. The predicted octanol–water partition coefficient (Wildman–Crippen LogP) is 2.06. The van der Waals surface area contributed by atoms with Crippen molar-refractivity contribution >= 4 is 28.9 Å². The minimum absolute atomic E-state index is 0.0485. The number of esters is 1. The molecule has 17 heavy (non-hydrogen) atoms. The summed E-state index contributed by atoms with van der Waals surface area (Å²) in [6.07, 6.45) is -4.98. The number of nitrogens with zero attached hydrogens (tertiary/aromatic N) is 1. The van der Waals surface area contributed by atoms with Crippen molar-refractivity contribution in [1.82, 2.24) is 0 Å². The van der Waals surface area contributed by atoms with Crippen molar-refractivity contribution in [3.8, 4) is 0 Å². The molecule has 1 aromatic rings. The lowest BCUT2D eigenvalue weighted by Gasteiger charge is -2.18. The molecule has 1 amide bonds. The zero-order valence-corrected chi connectivity index (χ0v) is 9.69. The number of thiophene rings is 1. The van der Waals surface area contributed by atoms with Crippen molar-refractivity contribution in [3.63, 3.8) is 0 Å². The summed E-state index contributed by atoms with van der Waals surface area (Å²) in [7, 11) is 2.06. The first-order chi connectivity index (χ1) is 7.79. The third kappa shape index (κ3) is 2.76. The largest absolute Gasteiger partial charge is 0.471 e. The minimum Gasteiger partial charge on any atom is -0.465 e. The molecule has 1 aromatic heterocycles. The second-order valence-electron chi connectivity index (χ2n) is 2.99. The van der Waals surface area contributed by atoms with E-state index in [9.17, 15) is 22.8 Å². The Kier molecular flexibility index (Phi) is 3.76. The Hall–Kier alpha value is -1.57. The molecule has 0 aromatic carbocycles. The fourth-order valence-corrected chi connectivity index (χ4v) is 1.95. The number of hydrogen-bond donors (Lipinski definition) is 0. The van der Waals surface area contributed by atoms with Gasteiger partial charge in [-0.15, -0.1) is 11.3 Å². The number of carbonyl (C=O) groups is 2. The van der Waals surface area contributed by atoms with E-state index in [2.05, 4.69) is 4.74 Å². The predicted molar refractivity (Wildman–Crippen MR) is 55.1 cm³/mol. The van der Waals surface area contributed by atoms with Crippen LogP contribution in [0.5, 0.6) is 0 Å². The Balaban J connectivity index is 3.06. The molecule has 0 aliphatic carbocycles. The number of alkyl halides is 3. The van der Waals surface area contributed by atoms with Crippen molar-refractivity contribution < 1.29 is 27.5 Å². The molecule has 0 bridgehead atoms. The zero-order valence-electron chi connectivity index (χ0n) is 8.87. The van der Waals surface area contributed by atoms with Gasteiger partial charge < -0.3 is 9.64 Å². The first-order valence-electron chi connectivity index (χ1n) is 4.29. The maximum atomic E-state index is 12.2. The smallest absolute Gasteiger partial charge is 0.465 e. The number of hydrogen-bond acceptors (Lipinski definition) is 4. The van der Waals surface area contributed by atoms with Crippen molar-refractivity contribution in [3.05, 3.63) is 16.3 Å². The van der Waals surface area contributed by atoms with Crippen molar-refractivity contribution in [2.75, 3.05) is 19.1 Å². The fraction of sp³-hybridized carbons (Fsp3) is 0.333. The summed E-state index contributed by atoms with van der Waals surface area (Å²) < 4.78 is 41.0. The Morgan fingerprint density at radius 1 is 1.41 bits per heavy atom. The van der Waals surface area contributed by atoms with E-state index in [1.807, 2.05) is 0 Å². The SMILES string of the molecule is COC(=O)c1sccc1N(C)C(=O)C(F)(F)F. The zero-order chi connectivity index (χ0) is 13.2. The lowest BCUT2D eigenvalue weighted by molar-refractivity contribution is -0.170. The summed E-state index contributed by atoms with van der Waals surface area (Å²) in [6.45, 7) is 0. The molecular formula is C9H8F3NO3S. The van der Waals surface area contributed by atoms with Crippen LogP contribution in [0.15, 0.2) is 11.4 Å². The van der Waals surface area contributed by atoms with E-state index in [0.29, 0.717) is 4.90 Å². The van der Waals surface area contributed by atoms with Crippen LogP contribution >= 0.6 is 11.3 Å². The maximum absolute atomic E-state index is 12.2. The highest BCUT2D eigenvalue weighted by molar-refractivity contribution is 7.12. The van der Waals surface area contributed by atoms with Crippen molar-refractivity contribution in [2.24, 2.45) is 0 Å². The highest BCUT2D eigenvalue weighted by Gasteiger charge is 2.42. The van der Waals surface area contributed by atoms with Crippen molar-refractivity contribution in [1.29, 1.82) is 0 Å². The minimum atomic E-state index is -4.98. The second kappa shape index (κ2) is 4.74. The standard InChI is InChI=1S/C9H8F3NO3S/c1-13(8(15)9(10,11)12)5-3-4-17-6(5)7(14)16-2/h3-4H,1-2H3. The average Bonchev–Trinajstić information content (AvgIpc) is 2.73. The van der Waals surface area contributed by atoms with Crippen LogP contribution in [0.1, 0.15) is 9.67 Å². The number of anilines is 1. The number of ether oxygens (including phenoxy) is 1. The molecule has 4 nitrogen and oxygen atoms in total.